The molecule has 19 heteroatoms. The van der Waals surface area contributed by atoms with Crippen LogP contribution in [0.4, 0.5) is 0 Å². The minimum Gasteiger partial charge on any atom is -0.507 e. The summed E-state index contributed by atoms with van der Waals surface area (Å²) >= 11 is 0. The highest BCUT2D eigenvalue weighted by atomic mass is 16.3. The van der Waals surface area contributed by atoms with Crippen molar-refractivity contribution >= 4 is 58.6 Å². The highest BCUT2D eigenvalue weighted by Gasteiger charge is 2.34. The summed E-state index contributed by atoms with van der Waals surface area (Å²) in [6.45, 7) is 4.43. The third-order valence-electron chi connectivity index (χ3n) is 13.2. The molecule has 402 valence electrons. The molecule has 0 radical (unpaired) electrons. The Morgan fingerprint density at radius 1 is 0.726 bits per heavy atom. The van der Waals surface area contributed by atoms with Gasteiger partial charge in [0.15, 0.2) is 11.6 Å². The van der Waals surface area contributed by atoms with Crippen molar-refractivity contribution in [3.05, 3.63) is 47.5 Å². The normalized spacial score (nSPS) is 16.5. The molecule has 0 spiro atoms. The number of Topliss-reactive ketones (excluding diaryl/α,β-unsaturated/α-hetero) is 4. The number of carbonyl (C=O) groups excluding carboxylic acids is 10. The first-order chi connectivity index (χ1) is 34.7. The topological polar surface area (TPSA) is 286 Å². The van der Waals surface area contributed by atoms with E-state index in [0.717, 1.165) is 24.2 Å². The maximum atomic E-state index is 14.3. The number of phenolic OH excluding ortho intramolecular Hbond substituents is 2. The van der Waals surface area contributed by atoms with Crippen molar-refractivity contribution in [3.8, 4) is 22.6 Å². The summed E-state index contributed by atoms with van der Waals surface area (Å²) < 4.78 is 0. The number of nitrogens with zero attached hydrogens (tertiary/aromatic N) is 2. The minimum atomic E-state index is -1.39. The minimum absolute atomic E-state index is 0.0562. The number of hydrogen-bond acceptors (Lipinski definition) is 13. The number of benzene rings is 2. The van der Waals surface area contributed by atoms with Crippen molar-refractivity contribution in [2.24, 2.45) is 5.92 Å². The van der Waals surface area contributed by atoms with Crippen LogP contribution in [0.25, 0.3) is 11.1 Å². The van der Waals surface area contributed by atoms with Crippen molar-refractivity contribution in [3.63, 3.8) is 0 Å². The molecule has 0 saturated heterocycles. The number of nitrogens with one attached hydrogen (secondary N) is 4. The summed E-state index contributed by atoms with van der Waals surface area (Å²) in [5.41, 5.74) is 0.712. The average Bonchev–Trinajstić information content (AvgIpc) is 3.35. The van der Waals surface area contributed by atoms with E-state index in [9.17, 15) is 63.3 Å². The highest BCUT2D eigenvalue weighted by Crippen LogP contribution is 2.39. The molecule has 0 aromatic heterocycles. The number of phenols is 2. The van der Waals surface area contributed by atoms with Crippen LogP contribution in [-0.2, 0) is 54.4 Å². The molecule has 3 rings (SSSR count). The molecule has 2 aromatic rings. The van der Waals surface area contributed by atoms with E-state index in [1.165, 1.54) is 134 Å². The van der Waals surface area contributed by atoms with Crippen LogP contribution in [0.3, 0.4) is 0 Å². The summed E-state index contributed by atoms with van der Waals surface area (Å²) in [4.78, 5) is 133. The van der Waals surface area contributed by atoms with Gasteiger partial charge < -0.3 is 46.4 Å². The second-order valence-electron chi connectivity index (χ2n) is 19.3. The van der Waals surface area contributed by atoms with E-state index in [1.54, 1.807) is 0 Å². The van der Waals surface area contributed by atoms with Gasteiger partial charge in [-0.25, -0.2) is 0 Å². The number of rotatable bonds is 29. The SMILES string of the molecule is CCCCCCCCCCCCCCCC(=O)N(C)[C@H](CO)C(=O)N[C@H](C)C(=O)CCC(=O)N(C)[C@@H]1C(=O)C[C@@H](C)C(=O)N[C@H](C(=O)NCC(=O)C(=O)NCC(C)=O)Cc2ccc(O)c(c2)-c2cc1ccc2O. The molecule has 2 aromatic carbocycles. The van der Waals surface area contributed by atoms with Crippen molar-refractivity contribution < 1.29 is 63.3 Å². The van der Waals surface area contributed by atoms with E-state index in [2.05, 4.69) is 28.2 Å². The molecule has 0 saturated carbocycles. The van der Waals surface area contributed by atoms with Gasteiger partial charge in [0.05, 0.1) is 25.7 Å². The van der Waals surface area contributed by atoms with Crippen LogP contribution in [0.2, 0.25) is 0 Å². The second kappa shape index (κ2) is 31.2. The molecule has 6 amide bonds. The molecular weight excluding hydrogens is 941 g/mol. The smallest absolute Gasteiger partial charge is 0.289 e. The number of fused-ring (bicyclic) bond motifs is 5. The first-order valence-electron chi connectivity index (χ1n) is 25.7. The fourth-order valence-electron chi connectivity index (χ4n) is 8.61. The quantitative estimate of drug-likeness (QED) is 0.0439. The molecule has 73 heavy (non-hydrogen) atoms. The van der Waals surface area contributed by atoms with Gasteiger partial charge in [-0.2, -0.15) is 0 Å². The zero-order valence-corrected chi connectivity index (χ0v) is 43.5. The molecule has 0 fully saturated rings. The van der Waals surface area contributed by atoms with Crippen molar-refractivity contribution in [2.75, 3.05) is 33.8 Å². The predicted octanol–water partition coefficient (Wildman–Crippen LogP) is 4.45. The Morgan fingerprint density at radius 2 is 1.30 bits per heavy atom. The van der Waals surface area contributed by atoms with E-state index >= 15 is 0 Å². The molecule has 1 aliphatic heterocycles. The van der Waals surface area contributed by atoms with Crippen LogP contribution in [0.15, 0.2) is 36.4 Å². The number of aliphatic hydroxyl groups is 1. The Hall–Kier alpha value is -6.50. The van der Waals surface area contributed by atoms with Gasteiger partial charge in [0.2, 0.25) is 35.3 Å². The molecule has 4 bridgehead atoms. The van der Waals surface area contributed by atoms with Crippen molar-refractivity contribution in [2.45, 2.75) is 167 Å². The highest BCUT2D eigenvalue weighted by molar-refractivity contribution is 6.37. The molecule has 1 heterocycles. The maximum Gasteiger partial charge on any atom is 0.289 e. The van der Waals surface area contributed by atoms with E-state index in [1.807, 2.05) is 0 Å². The third-order valence-corrected chi connectivity index (χ3v) is 13.2. The van der Waals surface area contributed by atoms with E-state index in [4.69, 9.17) is 0 Å². The number of amides is 6. The van der Waals surface area contributed by atoms with E-state index in [-0.39, 0.29) is 53.4 Å². The maximum absolute atomic E-state index is 14.3. The molecular formula is C54H78N6O13. The standard InChI is InChI=1S/C54H78N6O13/c1-7-8-9-10-11-12-13-14-15-16-17-18-19-20-48(68)59(5)42(33-61)53(72)57-36(4)43(63)25-26-49(69)60(6)50-38-22-24-45(65)40(30-38)39-28-37(21-23-44(39)64)29-41(58-51(70)34(2)27-46(50)66)52(71)56-32-47(67)54(73)55-31-35(3)62/h21-24,28,30,34,36,41-42,50,61,64-65H,7-20,25-27,29,31-33H2,1-6H3,(H,55,73)(H,56,71)(H,57,72)(H,58,70)/t34-,36-,41+,42-,50+/m1/s1. The number of carbonyl (C=O) groups is 10. The first-order valence-corrected chi connectivity index (χ1v) is 25.7. The number of hydrogen-bond donors (Lipinski definition) is 7. The Labute approximate surface area is 429 Å². The van der Waals surface area contributed by atoms with Gasteiger partial charge in [-0.3, -0.25) is 47.9 Å². The van der Waals surface area contributed by atoms with Crippen molar-refractivity contribution in [1.29, 1.82) is 0 Å². The third kappa shape index (κ3) is 19.8. The van der Waals surface area contributed by atoms with Crippen LogP contribution in [0.1, 0.15) is 154 Å². The summed E-state index contributed by atoms with van der Waals surface area (Å²) in [6.07, 6.45) is 13.8. The zero-order chi connectivity index (χ0) is 54.2. The van der Waals surface area contributed by atoms with Crippen LogP contribution < -0.4 is 21.3 Å². The second-order valence-corrected chi connectivity index (χ2v) is 19.3. The fourth-order valence-corrected chi connectivity index (χ4v) is 8.61. The van der Waals surface area contributed by atoms with Crippen LogP contribution >= 0.6 is 0 Å². The molecule has 0 aliphatic carbocycles. The lowest BCUT2D eigenvalue weighted by Gasteiger charge is -2.30. The number of likely N-dealkylation sites (N-methyl/N-ethyl adjacent to an activating group) is 2. The lowest BCUT2D eigenvalue weighted by Crippen LogP contribution is -2.53. The van der Waals surface area contributed by atoms with E-state index < -0.39 is 115 Å². The summed E-state index contributed by atoms with van der Waals surface area (Å²) in [7, 11) is 2.76. The van der Waals surface area contributed by atoms with Crippen LogP contribution in [-0.4, -0.2) is 136 Å². The van der Waals surface area contributed by atoms with Crippen LogP contribution in [0, 0.1) is 5.92 Å². The summed E-state index contributed by atoms with van der Waals surface area (Å²) in [5.74, 6) is -8.79. The van der Waals surface area contributed by atoms with Gasteiger partial charge in [0, 0.05) is 63.2 Å². The molecule has 5 atom stereocenters. The summed E-state index contributed by atoms with van der Waals surface area (Å²) in [6, 6.07) is 3.18. The number of unbranched alkanes of at least 4 members (excludes halogenated alkanes) is 12. The van der Waals surface area contributed by atoms with Crippen LogP contribution in [0.5, 0.6) is 11.5 Å². The number of aromatic hydroxyl groups is 2. The number of ketones is 4. The molecule has 7 N–H and O–H groups in total. The lowest BCUT2D eigenvalue weighted by molar-refractivity contribution is -0.142. The largest absolute Gasteiger partial charge is 0.507 e. The van der Waals surface area contributed by atoms with Gasteiger partial charge >= 0.3 is 0 Å². The van der Waals surface area contributed by atoms with Crippen molar-refractivity contribution in [1.82, 2.24) is 31.1 Å². The lowest BCUT2D eigenvalue weighted by atomic mass is 9.89. The van der Waals surface area contributed by atoms with Gasteiger partial charge in [0.25, 0.3) is 5.91 Å². The van der Waals surface area contributed by atoms with Gasteiger partial charge in [-0.05, 0) is 55.7 Å². The molecule has 19 nitrogen and oxygen atoms in total. The Morgan fingerprint density at radius 3 is 1.89 bits per heavy atom. The number of aliphatic hydroxyl groups excluding tert-OH is 1. The Balaban J connectivity index is 1.67. The van der Waals surface area contributed by atoms with Gasteiger partial charge in [-0.1, -0.05) is 103 Å². The fraction of sp³-hybridized carbons (Fsp3) is 0.593. The van der Waals surface area contributed by atoms with Gasteiger partial charge in [0.1, 0.15) is 35.4 Å². The summed E-state index contributed by atoms with van der Waals surface area (Å²) in [5, 5.41) is 41.8. The first kappa shape index (κ1) is 60.8. The monoisotopic (exact) mass is 1020 g/mol. The van der Waals surface area contributed by atoms with E-state index in [0.29, 0.717) is 12.0 Å². The molecule has 1 aliphatic rings. The molecule has 0 unspecified atom stereocenters. The average molecular weight is 1020 g/mol. The Bertz CT molecular complexity index is 2270. The Kier molecular flexibility index (Phi) is 26.0. The van der Waals surface area contributed by atoms with Gasteiger partial charge in [-0.15, -0.1) is 0 Å². The zero-order valence-electron chi connectivity index (χ0n) is 43.5. The predicted molar refractivity (Wildman–Crippen MR) is 273 cm³/mol.